The molecule has 0 N–H and O–H groups in total. The minimum Gasteiger partial charge on any atom is -0.469 e. The van der Waals surface area contributed by atoms with Crippen LogP contribution < -0.4 is 0 Å². The maximum absolute atomic E-state index is 11.7. The number of esters is 1. The molecule has 2 bridgehead atoms. The molecule has 0 aromatic rings. The van der Waals surface area contributed by atoms with Crippen LogP contribution in [0.3, 0.4) is 0 Å². The lowest BCUT2D eigenvalue weighted by atomic mass is 9.87. The van der Waals surface area contributed by atoms with Crippen LogP contribution in [-0.4, -0.2) is 33.1 Å². The second-order valence-electron chi connectivity index (χ2n) is 4.02. The van der Waals surface area contributed by atoms with Crippen molar-refractivity contribution in [3.8, 4) is 0 Å². The molecule has 0 aliphatic heterocycles. The van der Waals surface area contributed by atoms with Crippen molar-refractivity contribution in [1.82, 2.24) is 0 Å². The lowest BCUT2D eigenvalue weighted by molar-refractivity contribution is -0.250. The van der Waals surface area contributed by atoms with Gasteiger partial charge in [0.15, 0.2) is 5.79 Å². The summed E-state index contributed by atoms with van der Waals surface area (Å²) in [5, 5.41) is 0. The van der Waals surface area contributed by atoms with Gasteiger partial charge in [-0.25, -0.2) is 0 Å². The largest absolute Gasteiger partial charge is 0.469 e. The van der Waals surface area contributed by atoms with Crippen LogP contribution in [0.25, 0.3) is 0 Å². The topological polar surface area (TPSA) is 44.8 Å². The SMILES string of the molecule is COC(=O)[C@@H]1[C@H]2C=C[C@@H](C2)C1(OC)OC. The van der Waals surface area contributed by atoms with Gasteiger partial charge in [0.2, 0.25) is 0 Å². The molecule has 2 aliphatic carbocycles. The Kier molecular flexibility index (Phi) is 2.56. The molecule has 3 atom stereocenters. The third kappa shape index (κ3) is 1.25. The van der Waals surface area contributed by atoms with Crippen LogP contribution in [0, 0.1) is 17.8 Å². The zero-order valence-corrected chi connectivity index (χ0v) is 9.23. The molecule has 0 unspecified atom stereocenters. The molecular weight excluding hydrogens is 196 g/mol. The third-order valence-corrected chi connectivity index (χ3v) is 3.59. The highest BCUT2D eigenvalue weighted by atomic mass is 16.7. The Bertz CT molecular complexity index is 293. The molecule has 4 nitrogen and oxygen atoms in total. The lowest BCUT2D eigenvalue weighted by Gasteiger charge is -2.37. The maximum atomic E-state index is 11.7. The first-order valence-electron chi connectivity index (χ1n) is 5.06. The van der Waals surface area contributed by atoms with Crippen molar-refractivity contribution in [2.24, 2.45) is 17.8 Å². The molecule has 2 rings (SSSR count). The number of hydrogen-bond donors (Lipinski definition) is 0. The van der Waals surface area contributed by atoms with E-state index in [2.05, 4.69) is 12.2 Å². The van der Waals surface area contributed by atoms with Crippen LogP contribution in [0.5, 0.6) is 0 Å². The quantitative estimate of drug-likeness (QED) is 0.397. The molecule has 2 aliphatic rings. The summed E-state index contributed by atoms with van der Waals surface area (Å²) in [5.41, 5.74) is 0. The standard InChI is InChI=1S/C11H16O4/c1-13-10(12)9-7-4-5-8(6-7)11(9,14-2)15-3/h4-5,7-9H,6H2,1-3H3/t7-,8-,9-/m0/s1. The molecule has 0 aromatic heterocycles. The highest BCUT2D eigenvalue weighted by Gasteiger charge is 2.61. The molecule has 15 heavy (non-hydrogen) atoms. The van der Waals surface area contributed by atoms with E-state index in [-0.39, 0.29) is 23.7 Å². The summed E-state index contributed by atoms with van der Waals surface area (Å²) < 4.78 is 15.7. The summed E-state index contributed by atoms with van der Waals surface area (Å²) in [7, 11) is 4.55. The predicted octanol–water partition coefficient (Wildman–Crippen LogP) is 0.971. The smallest absolute Gasteiger partial charge is 0.314 e. The minimum atomic E-state index is -0.827. The van der Waals surface area contributed by atoms with Gasteiger partial charge < -0.3 is 14.2 Å². The number of fused-ring (bicyclic) bond motifs is 2. The summed E-state index contributed by atoms with van der Waals surface area (Å²) in [6.07, 6.45) is 5.03. The van der Waals surface area contributed by atoms with Crippen molar-refractivity contribution < 1.29 is 19.0 Å². The third-order valence-electron chi connectivity index (χ3n) is 3.59. The van der Waals surface area contributed by atoms with Crippen LogP contribution in [0.15, 0.2) is 12.2 Å². The minimum absolute atomic E-state index is 0.154. The van der Waals surface area contributed by atoms with Crippen molar-refractivity contribution in [1.29, 1.82) is 0 Å². The average Bonchev–Trinajstić information content (AvgIpc) is 2.86. The fourth-order valence-electron chi connectivity index (χ4n) is 2.91. The molecule has 0 heterocycles. The van der Waals surface area contributed by atoms with Gasteiger partial charge in [-0.05, 0) is 12.3 Å². The van der Waals surface area contributed by atoms with E-state index in [1.54, 1.807) is 14.2 Å². The van der Waals surface area contributed by atoms with E-state index in [1.165, 1.54) is 7.11 Å². The van der Waals surface area contributed by atoms with Crippen LogP contribution in [0.2, 0.25) is 0 Å². The van der Waals surface area contributed by atoms with Gasteiger partial charge in [-0.1, -0.05) is 12.2 Å². The Balaban J connectivity index is 2.35. The zero-order chi connectivity index (χ0) is 11.1. The highest BCUT2D eigenvalue weighted by molar-refractivity contribution is 5.75. The van der Waals surface area contributed by atoms with Gasteiger partial charge in [0.05, 0.1) is 7.11 Å². The summed E-state index contributed by atoms with van der Waals surface area (Å²) in [4.78, 5) is 11.7. The molecule has 0 amide bonds. The fraction of sp³-hybridized carbons (Fsp3) is 0.727. The number of carbonyl (C=O) groups excluding carboxylic acids is 1. The maximum Gasteiger partial charge on any atom is 0.314 e. The molecule has 84 valence electrons. The van der Waals surface area contributed by atoms with Gasteiger partial charge in [0.25, 0.3) is 0 Å². The molecule has 1 fully saturated rings. The number of carbonyl (C=O) groups is 1. The second kappa shape index (κ2) is 3.61. The van der Waals surface area contributed by atoms with E-state index in [0.717, 1.165) is 6.42 Å². The van der Waals surface area contributed by atoms with Crippen molar-refractivity contribution in [2.75, 3.05) is 21.3 Å². The van der Waals surface area contributed by atoms with E-state index in [4.69, 9.17) is 14.2 Å². The number of hydrogen-bond acceptors (Lipinski definition) is 4. The first-order chi connectivity index (χ1) is 7.19. The number of ether oxygens (including phenoxy) is 3. The van der Waals surface area contributed by atoms with Crippen LogP contribution in [0.1, 0.15) is 6.42 Å². The molecule has 4 heteroatoms. The Morgan fingerprint density at radius 2 is 1.93 bits per heavy atom. The van der Waals surface area contributed by atoms with Crippen molar-refractivity contribution in [3.05, 3.63) is 12.2 Å². The summed E-state index contributed by atoms with van der Waals surface area (Å²) in [6.45, 7) is 0. The predicted molar refractivity (Wildman–Crippen MR) is 53.0 cm³/mol. The Labute approximate surface area is 89.2 Å². The lowest BCUT2D eigenvalue weighted by Crippen LogP contribution is -2.49. The van der Waals surface area contributed by atoms with Gasteiger partial charge in [0.1, 0.15) is 5.92 Å². The second-order valence-corrected chi connectivity index (χ2v) is 4.02. The van der Waals surface area contributed by atoms with Gasteiger partial charge in [-0.15, -0.1) is 0 Å². The number of methoxy groups -OCH3 is 3. The van der Waals surface area contributed by atoms with Gasteiger partial charge in [-0.2, -0.15) is 0 Å². The monoisotopic (exact) mass is 212 g/mol. The summed E-state index contributed by atoms with van der Waals surface area (Å²) >= 11 is 0. The summed E-state index contributed by atoms with van der Waals surface area (Å²) in [5.74, 6) is -1.08. The Morgan fingerprint density at radius 3 is 2.47 bits per heavy atom. The van der Waals surface area contributed by atoms with E-state index >= 15 is 0 Å². The summed E-state index contributed by atoms with van der Waals surface area (Å²) in [6, 6.07) is 0. The van der Waals surface area contributed by atoms with Crippen LogP contribution in [-0.2, 0) is 19.0 Å². The van der Waals surface area contributed by atoms with Gasteiger partial charge >= 0.3 is 5.97 Å². The number of allylic oxidation sites excluding steroid dienone is 1. The van der Waals surface area contributed by atoms with E-state index in [0.29, 0.717) is 0 Å². The zero-order valence-electron chi connectivity index (χ0n) is 9.23. The first kappa shape index (κ1) is 10.6. The van der Waals surface area contributed by atoms with E-state index in [9.17, 15) is 4.79 Å². The first-order valence-corrected chi connectivity index (χ1v) is 5.06. The van der Waals surface area contributed by atoms with Crippen molar-refractivity contribution >= 4 is 5.97 Å². The van der Waals surface area contributed by atoms with Crippen LogP contribution >= 0.6 is 0 Å². The Hall–Kier alpha value is -0.870. The fourth-order valence-corrected chi connectivity index (χ4v) is 2.91. The van der Waals surface area contributed by atoms with E-state index in [1.807, 2.05) is 0 Å². The highest BCUT2D eigenvalue weighted by Crippen LogP contribution is 2.53. The molecule has 0 spiro atoms. The van der Waals surface area contributed by atoms with Crippen molar-refractivity contribution in [3.63, 3.8) is 0 Å². The molecule has 0 saturated heterocycles. The number of rotatable bonds is 3. The Morgan fingerprint density at radius 1 is 1.27 bits per heavy atom. The van der Waals surface area contributed by atoms with Crippen molar-refractivity contribution in [2.45, 2.75) is 12.2 Å². The molecule has 0 radical (unpaired) electrons. The molecule has 0 aromatic carbocycles. The molecular formula is C11H16O4. The van der Waals surface area contributed by atoms with Gasteiger partial charge in [-0.3, -0.25) is 4.79 Å². The van der Waals surface area contributed by atoms with E-state index < -0.39 is 5.79 Å². The average molecular weight is 212 g/mol. The molecule has 1 saturated carbocycles. The van der Waals surface area contributed by atoms with Crippen LogP contribution in [0.4, 0.5) is 0 Å². The van der Waals surface area contributed by atoms with Gasteiger partial charge in [0, 0.05) is 20.1 Å². The normalized spacial score (nSPS) is 35.8.